The van der Waals surface area contributed by atoms with Crippen LogP contribution in [0.25, 0.3) is 0 Å². The fraction of sp³-hybridized carbons (Fsp3) is 0.500. The first-order chi connectivity index (χ1) is 6.79. The molecule has 0 atom stereocenters. The summed E-state index contributed by atoms with van der Waals surface area (Å²) in [6.45, 7) is 0.760. The molecule has 14 heavy (non-hydrogen) atoms. The first-order valence-electron chi connectivity index (χ1n) is 4.64. The minimum Gasteiger partial charge on any atom is -0.477 e. The summed E-state index contributed by atoms with van der Waals surface area (Å²) in [6, 6.07) is 3.55. The summed E-state index contributed by atoms with van der Waals surface area (Å²) in [7, 11) is 0. The SMILES string of the molecule is ClCc1nc(OCC2CC2)ccc1Cl. The molecule has 1 saturated carbocycles. The van der Waals surface area contributed by atoms with E-state index in [1.54, 1.807) is 12.1 Å². The molecule has 2 rings (SSSR count). The standard InChI is InChI=1S/C10H11Cl2NO/c11-5-9-8(12)3-4-10(13-9)14-6-7-1-2-7/h3-4,7H,1-2,5-6H2. The van der Waals surface area contributed by atoms with Crippen molar-refractivity contribution in [3.63, 3.8) is 0 Å². The van der Waals surface area contributed by atoms with Gasteiger partial charge in [0.1, 0.15) is 0 Å². The molecule has 1 fully saturated rings. The molecule has 0 spiro atoms. The lowest BCUT2D eigenvalue weighted by atomic mass is 10.4. The van der Waals surface area contributed by atoms with Crippen molar-refractivity contribution in [1.82, 2.24) is 4.98 Å². The summed E-state index contributed by atoms with van der Waals surface area (Å²) < 4.78 is 5.50. The molecule has 0 unspecified atom stereocenters. The van der Waals surface area contributed by atoms with Crippen LogP contribution in [0.4, 0.5) is 0 Å². The zero-order valence-electron chi connectivity index (χ0n) is 7.67. The van der Waals surface area contributed by atoms with Gasteiger partial charge in [0.15, 0.2) is 0 Å². The highest BCUT2D eigenvalue weighted by atomic mass is 35.5. The maximum absolute atomic E-state index is 5.87. The lowest BCUT2D eigenvalue weighted by Crippen LogP contribution is -2.01. The Balaban J connectivity index is 2.01. The highest BCUT2D eigenvalue weighted by molar-refractivity contribution is 6.32. The number of rotatable bonds is 4. The molecule has 0 saturated heterocycles. The molecular weight excluding hydrogens is 221 g/mol. The third kappa shape index (κ3) is 2.52. The molecule has 0 radical (unpaired) electrons. The number of nitrogens with zero attached hydrogens (tertiary/aromatic N) is 1. The van der Waals surface area contributed by atoms with Crippen molar-refractivity contribution in [3.8, 4) is 5.88 Å². The molecule has 4 heteroatoms. The Morgan fingerprint density at radius 2 is 2.21 bits per heavy atom. The molecule has 0 bridgehead atoms. The Morgan fingerprint density at radius 3 is 2.86 bits per heavy atom. The number of ether oxygens (including phenoxy) is 1. The lowest BCUT2D eigenvalue weighted by molar-refractivity contribution is 0.288. The van der Waals surface area contributed by atoms with Gasteiger partial charge >= 0.3 is 0 Å². The van der Waals surface area contributed by atoms with E-state index < -0.39 is 0 Å². The van der Waals surface area contributed by atoms with Crippen molar-refractivity contribution in [1.29, 1.82) is 0 Å². The van der Waals surface area contributed by atoms with Crippen molar-refractivity contribution in [2.75, 3.05) is 6.61 Å². The average Bonchev–Trinajstić information content (AvgIpc) is 3.00. The van der Waals surface area contributed by atoms with Gasteiger partial charge in [0.2, 0.25) is 5.88 Å². The molecule has 1 heterocycles. The Bertz CT molecular complexity index is 326. The van der Waals surface area contributed by atoms with Gasteiger partial charge in [0.05, 0.1) is 23.2 Å². The third-order valence-corrected chi connectivity index (χ3v) is 2.78. The molecule has 1 aromatic rings. The van der Waals surface area contributed by atoms with Crippen LogP contribution in [0.2, 0.25) is 5.02 Å². The molecule has 1 aromatic heterocycles. The van der Waals surface area contributed by atoms with Gasteiger partial charge < -0.3 is 4.74 Å². The van der Waals surface area contributed by atoms with Gasteiger partial charge in [-0.3, -0.25) is 0 Å². The molecule has 0 amide bonds. The smallest absolute Gasteiger partial charge is 0.213 e. The van der Waals surface area contributed by atoms with Crippen molar-refractivity contribution in [2.24, 2.45) is 5.92 Å². The second-order valence-corrected chi connectivity index (χ2v) is 4.14. The molecule has 76 valence electrons. The summed E-state index contributed by atoms with van der Waals surface area (Å²) in [5.41, 5.74) is 0.682. The normalized spacial score (nSPS) is 15.6. The van der Waals surface area contributed by atoms with E-state index in [1.165, 1.54) is 12.8 Å². The molecule has 0 aliphatic heterocycles. The molecule has 1 aliphatic carbocycles. The van der Waals surface area contributed by atoms with Crippen LogP contribution in [0.5, 0.6) is 5.88 Å². The van der Waals surface area contributed by atoms with Gasteiger partial charge in [-0.1, -0.05) is 11.6 Å². The minimum atomic E-state index is 0.319. The van der Waals surface area contributed by atoms with Crippen LogP contribution in [-0.4, -0.2) is 11.6 Å². The average molecular weight is 232 g/mol. The van der Waals surface area contributed by atoms with Gasteiger partial charge in [0, 0.05) is 6.07 Å². The summed E-state index contributed by atoms with van der Waals surface area (Å²) in [5.74, 6) is 1.67. The number of alkyl halides is 1. The number of halogens is 2. The van der Waals surface area contributed by atoms with Crippen LogP contribution in [0, 0.1) is 5.92 Å². The summed E-state index contributed by atoms with van der Waals surface area (Å²) >= 11 is 11.5. The molecule has 0 N–H and O–H groups in total. The van der Waals surface area contributed by atoms with Crippen molar-refractivity contribution >= 4 is 23.2 Å². The zero-order valence-corrected chi connectivity index (χ0v) is 9.18. The fourth-order valence-corrected chi connectivity index (χ4v) is 1.57. The minimum absolute atomic E-state index is 0.319. The van der Waals surface area contributed by atoms with Gasteiger partial charge in [-0.05, 0) is 24.8 Å². The maximum Gasteiger partial charge on any atom is 0.213 e. The predicted octanol–water partition coefficient (Wildman–Crippen LogP) is 3.26. The van der Waals surface area contributed by atoms with Crippen LogP contribution >= 0.6 is 23.2 Å². The summed E-state index contributed by atoms with van der Waals surface area (Å²) in [5, 5.41) is 0.596. The lowest BCUT2D eigenvalue weighted by Gasteiger charge is -2.05. The zero-order chi connectivity index (χ0) is 9.97. The molecule has 1 aliphatic rings. The number of aromatic nitrogens is 1. The first-order valence-corrected chi connectivity index (χ1v) is 5.55. The molecule has 2 nitrogen and oxygen atoms in total. The topological polar surface area (TPSA) is 22.1 Å². The van der Waals surface area contributed by atoms with E-state index in [9.17, 15) is 0 Å². The predicted molar refractivity (Wildman–Crippen MR) is 57.0 cm³/mol. The van der Waals surface area contributed by atoms with Gasteiger partial charge in [-0.2, -0.15) is 0 Å². The third-order valence-electron chi connectivity index (χ3n) is 2.18. The van der Waals surface area contributed by atoms with E-state index >= 15 is 0 Å². The summed E-state index contributed by atoms with van der Waals surface area (Å²) in [4.78, 5) is 4.20. The molecular formula is C10H11Cl2NO. The van der Waals surface area contributed by atoms with E-state index in [4.69, 9.17) is 27.9 Å². The Morgan fingerprint density at radius 1 is 1.43 bits per heavy atom. The van der Waals surface area contributed by atoms with E-state index in [2.05, 4.69) is 4.98 Å². The maximum atomic E-state index is 5.87. The second kappa shape index (κ2) is 4.37. The van der Waals surface area contributed by atoms with Gasteiger partial charge in [0.25, 0.3) is 0 Å². The van der Waals surface area contributed by atoms with Crippen LogP contribution < -0.4 is 4.74 Å². The quantitative estimate of drug-likeness (QED) is 0.743. The highest BCUT2D eigenvalue weighted by Crippen LogP contribution is 2.29. The molecule has 0 aromatic carbocycles. The second-order valence-electron chi connectivity index (χ2n) is 3.47. The number of hydrogen-bond donors (Lipinski definition) is 0. The fourth-order valence-electron chi connectivity index (χ4n) is 1.13. The van der Waals surface area contributed by atoms with Gasteiger partial charge in [-0.25, -0.2) is 4.98 Å². The van der Waals surface area contributed by atoms with Crippen LogP contribution in [-0.2, 0) is 5.88 Å². The van der Waals surface area contributed by atoms with Crippen molar-refractivity contribution in [3.05, 3.63) is 22.8 Å². The number of pyridine rings is 1. The van der Waals surface area contributed by atoms with E-state index in [0.29, 0.717) is 22.5 Å². The van der Waals surface area contributed by atoms with Crippen LogP contribution in [0.3, 0.4) is 0 Å². The van der Waals surface area contributed by atoms with E-state index in [0.717, 1.165) is 12.5 Å². The Hall–Kier alpha value is -0.470. The first kappa shape index (κ1) is 10.1. The van der Waals surface area contributed by atoms with Crippen LogP contribution in [0.15, 0.2) is 12.1 Å². The van der Waals surface area contributed by atoms with E-state index in [-0.39, 0.29) is 0 Å². The largest absolute Gasteiger partial charge is 0.477 e. The Labute approximate surface area is 93.2 Å². The van der Waals surface area contributed by atoms with Crippen molar-refractivity contribution < 1.29 is 4.74 Å². The Kier molecular flexibility index (Phi) is 3.14. The van der Waals surface area contributed by atoms with Crippen molar-refractivity contribution in [2.45, 2.75) is 18.7 Å². The van der Waals surface area contributed by atoms with E-state index in [1.807, 2.05) is 0 Å². The summed E-state index contributed by atoms with van der Waals surface area (Å²) in [6.07, 6.45) is 2.55. The number of hydrogen-bond acceptors (Lipinski definition) is 2. The van der Waals surface area contributed by atoms with Gasteiger partial charge in [-0.15, -0.1) is 11.6 Å². The van der Waals surface area contributed by atoms with Crippen LogP contribution in [0.1, 0.15) is 18.5 Å². The monoisotopic (exact) mass is 231 g/mol. The highest BCUT2D eigenvalue weighted by Gasteiger charge is 2.22.